The number of esters is 1. The lowest BCUT2D eigenvalue weighted by Crippen LogP contribution is -2.27. The number of hydrogen-bond donors (Lipinski definition) is 1. The van der Waals surface area contributed by atoms with Crippen LogP contribution >= 0.6 is 23.3 Å². The van der Waals surface area contributed by atoms with Crippen LogP contribution in [0.2, 0.25) is 0 Å². The molecule has 1 atom stereocenters. The molecule has 1 aromatic rings. The quantitative estimate of drug-likeness (QED) is 0.845. The highest BCUT2D eigenvalue weighted by atomic mass is 32.2. The Hall–Kier alpha value is -0.750. The predicted octanol–water partition coefficient (Wildman–Crippen LogP) is 3.33. The van der Waals surface area contributed by atoms with Crippen LogP contribution in [0.25, 0.3) is 0 Å². The molecule has 1 aromatic heterocycles. The van der Waals surface area contributed by atoms with Gasteiger partial charge in [0, 0.05) is 11.3 Å². The van der Waals surface area contributed by atoms with Crippen LogP contribution in [-0.2, 0) is 4.74 Å². The maximum atomic E-state index is 11.9. The SMILES string of the molecule is CCOC(=O)c1c(C)nsc1NCC1(C)CCCS1. The van der Waals surface area contributed by atoms with Crippen molar-refractivity contribution in [2.24, 2.45) is 0 Å². The number of aryl methyl sites for hydroxylation is 1. The summed E-state index contributed by atoms with van der Waals surface area (Å²) in [5.74, 6) is 0.949. The number of carbonyl (C=O) groups is 1. The zero-order valence-electron chi connectivity index (χ0n) is 11.6. The molecule has 1 saturated heterocycles. The first kappa shape index (κ1) is 14.7. The van der Waals surface area contributed by atoms with E-state index >= 15 is 0 Å². The second kappa shape index (κ2) is 6.13. The van der Waals surface area contributed by atoms with Gasteiger partial charge in [-0.2, -0.15) is 16.1 Å². The van der Waals surface area contributed by atoms with Gasteiger partial charge in [0.15, 0.2) is 0 Å². The van der Waals surface area contributed by atoms with Crippen molar-refractivity contribution in [2.75, 3.05) is 24.2 Å². The third-order valence-corrected chi connectivity index (χ3v) is 5.70. The van der Waals surface area contributed by atoms with Gasteiger partial charge in [-0.15, -0.1) is 0 Å². The number of rotatable bonds is 5. The minimum Gasteiger partial charge on any atom is -0.462 e. The van der Waals surface area contributed by atoms with Crippen molar-refractivity contribution in [3.8, 4) is 0 Å². The van der Waals surface area contributed by atoms with E-state index < -0.39 is 0 Å². The van der Waals surface area contributed by atoms with Crippen LogP contribution in [0.4, 0.5) is 5.00 Å². The molecule has 19 heavy (non-hydrogen) atoms. The van der Waals surface area contributed by atoms with Crippen LogP contribution in [0.5, 0.6) is 0 Å². The van der Waals surface area contributed by atoms with Crippen LogP contribution in [0.1, 0.15) is 42.7 Å². The molecule has 1 unspecified atom stereocenters. The fourth-order valence-corrected chi connectivity index (χ4v) is 4.20. The van der Waals surface area contributed by atoms with Gasteiger partial charge in [-0.05, 0) is 50.9 Å². The summed E-state index contributed by atoms with van der Waals surface area (Å²) in [6.45, 7) is 7.19. The summed E-state index contributed by atoms with van der Waals surface area (Å²) < 4.78 is 9.61. The van der Waals surface area contributed by atoms with E-state index in [0.717, 1.165) is 17.2 Å². The first-order valence-corrected chi connectivity index (χ1v) is 8.33. The van der Waals surface area contributed by atoms with Gasteiger partial charge in [0.1, 0.15) is 10.6 Å². The Kier molecular flexibility index (Phi) is 4.73. The predicted molar refractivity (Wildman–Crippen MR) is 81.4 cm³/mol. The van der Waals surface area contributed by atoms with Crippen molar-refractivity contribution in [3.63, 3.8) is 0 Å². The van der Waals surface area contributed by atoms with Crippen molar-refractivity contribution in [3.05, 3.63) is 11.3 Å². The number of aromatic nitrogens is 1. The maximum Gasteiger partial charge on any atom is 0.343 e. The highest BCUT2D eigenvalue weighted by Gasteiger charge is 2.30. The molecule has 106 valence electrons. The zero-order chi connectivity index (χ0) is 13.9. The average Bonchev–Trinajstić information content (AvgIpc) is 2.94. The molecule has 4 nitrogen and oxygen atoms in total. The number of nitrogens with zero attached hydrogens (tertiary/aromatic N) is 1. The van der Waals surface area contributed by atoms with Crippen LogP contribution in [-0.4, -0.2) is 34.0 Å². The fourth-order valence-electron chi connectivity index (χ4n) is 2.18. The number of hydrogen-bond acceptors (Lipinski definition) is 6. The minimum absolute atomic E-state index is 0.268. The number of anilines is 1. The Morgan fingerprint density at radius 1 is 1.58 bits per heavy atom. The average molecular weight is 300 g/mol. The second-order valence-corrected chi connectivity index (χ2v) is 7.40. The van der Waals surface area contributed by atoms with Crippen molar-refractivity contribution in [1.29, 1.82) is 0 Å². The molecule has 1 aliphatic rings. The van der Waals surface area contributed by atoms with Crippen LogP contribution in [0.15, 0.2) is 0 Å². The number of nitrogens with one attached hydrogen (secondary N) is 1. The lowest BCUT2D eigenvalue weighted by atomic mass is 10.1. The Labute approximate surface area is 122 Å². The summed E-state index contributed by atoms with van der Waals surface area (Å²) in [4.78, 5) is 11.9. The molecule has 0 saturated carbocycles. The van der Waals surface area contributed by atoms with Gasteiger partial charge in [0.05, 0.1) is 12.3 Å². The molecule has 0 aromatic carbocycles. The fraction of sp³-hybridized carbons (Fsp3) is 0.692. The number of ether oxygens (including phenoxy) is 1. The van der Waals surface area contributed by atoms with Crippen LogP contribution in [0.3, 0.4) is 0 Å². The van der Waals surface area contributed by atoms with E-state index in [-0.39, 0.29) is 10.7 Å². The zero-order valence-corrected chi connectivity index (χ0v) is 13.2. The van der Waals surface area contributed by atoms with Crippen molar-refractivity contribution in [2.45, 2.75) is 38.4 Å². The maximum absolute atomic E-state index is 11.9. The number of thioether (sulfide) groups is 1. The second-order valence-electron chi connectivity index (χ2n) is 4.95. The van der Waals surface area contributed by atoms with Gasteiger partial charge >= 0.3 is 5.97 Å². The van der Waals surface area contributed by atoms with Gasteiger partial charge in [-0.1, -0.05) is 0 Å². The minimum atomic E-state index is -0.277. The summed E-state index contributed by atoms with van der Waals surface area (Å²) in [5, 5.41) is 4.23. The molecular formula is C13H20N2O2S2. The Morgan fingerprint density at radius 3 is 3.00 bits per heavy atom. The lowest BCUT2D eigenvalue weighted by molar-refractivity contribution is 0.0527. The Balaban J connectivity index is 2.06. The molecule has 0 amide bonds. The van der Waals surface area contributed by atoms with Crippen molar-refractivity contribution in [1.82, 2.24) is 4.37 Å². The van der Waals surface area contributed by atoms with E-state index in [9.17, 15) is 4.79 Å². The summed E-state index contributed by atoms with van der Waals surface area (Å²) >= 11 is 3.34. The molecule has 0 spiro atoms. The summed E-state index contributed by atoms with van der Waals surface area (Å²) in [5.41, 5.74) is 1.34. The van der Waals surface area contributed by atoms with Crippen LogP contribution < -0.4 is 5.32 Å². The van der Waals surface area contributed by atoms with Gasteiger partial charge in [-0.25, -0.2) is 4.79 Å². The Morgan fingerprint density at radius 2 is 2.37 bits per heavy atom. The highest BCUT2D eigenvalue weighted by molar-refractivity contribution is 8.00. The topological polar surface area (TPSA) is 51.2 Å². The summed E-state index contributed by atoms with van der Waals surface area (Å²) in [6, 6.07) is 0. The van der Waals surface area contributed by atoms with Crippen LogP contribution in [0, 0.1) is 6.92 Å². The summed E-state index contributed by atoms with van der Waals surface area (Å²) in [6.07, 6.45) is 2.49. The normalized spacial score (nSPS) is 22.5. The van der Waals surface area contributed by atoms with E-state index in [1.165, 1.54) is 30.1 Å². The largest absolute Gasteiger partial charge is 0.462 e. The third-order valence-electron chi connectivity index (χ3n) is 3.27. The number of carbonyl (C=O) groups excluding carboxylic acids is 1. The molecule has 0 radical (unpaired) electrons. The monoisotopic (exact) mass is 300 g/mol. The van der Waals surface area contributed by atoms with E-state index in [2.05, 4.69) is 16.6 Å². The molecule has 1 aliphatic heterocycles. The molecule has 0 bridgehead atoms. The standard InChI is InChI=1S/C13H20N2O2S2/c1-4-17-12(16)10-9(2)15-19-11(10)14-8-13(3)6-5-7-18-13/h14H,4-8H2,1-3H3. The van der Waals surface area contributed by atoms with E-state index in [0.29, 0.717) is 12.2 Å². The third kappa shape index (κ3) is 3.42. The van der Waals surface area contributed by atoms with E-state index in [1.54, 1.807) is 0 Å². The molecule has 6 heteroatoms. The smallest absolute Gasteiger partial charge is 0.343 e. The molecule has 0 aliphatic carbocycles. The van der Waals surface area contributed by atoms with Gasteiger partial charge in [0.25, 0.3) is 0 Å². The first-order valence-electron chi connectivity index (χ1n) is 6.57. The molecule has 2 rings (SSSR count). The van der Waals surface area contributed by atoms with Gasteiger partial charge in [-0.3, -0.25) is 0 Å². The van der Waals surface area contributed by atoms with E-state index in [1.807, 2.05) is 25.6 Å². The Bertz CT molecular complexity index is 453. The molecule has 1 N–H and O–H groups in total. The highest BCUT2D eigenvalue weighted by Crippen LogP contribution is 2.38. The van der Waals surface area contributed by atoms with E-state index in [4.69, 9.17) is 4.74 Å². The van der Waals surface area contributed by atoms with Crippen molar-refractivity contribution >= 4 is 34.3 Å². The molecular weight excluding hydrogens is 280 g/mol. The summed E-state index contributed by atoms with van der Waals surface area (Å²) in [7, 11) is 0. The van der Waals surface area contributed by atoms with Crippen molar-refractivity contribution < 1.29 is 9.53 Å². The lowest BCUT2D eigenvalue weighted by Gasteiger charge is -2.23. The first-order chi connectivity index (χ1) is 9.06. The van der Waals surface area contributed by atoms with Gasteiger partial charge in [0.2, 0.25) is 0 Å². The molecule has 1 fully saturated rings. The van der Waals surface area contributed by atoms with Gasteiger partial charge < -0.3 is 10.1 Å². The molecule has 2 heterocycles.